The van der Waals surface area contributed by atoms with Crippen LogP contribution in [0.3, 0.4) is 0 Å². The Kier molecular flexibility index (Phi) is 4.97. The Labute approximate surface area is 133 Å². The molecule has 0 aromatic heterocycles. The molecule has 7 heteroatoms. The molecule has 1 heterocycles. The number of carbonyl (C=O) groups excluding carboxylic acids is 2. The number of rotatable bonds is 4. The topological polar surface area (TPSA) is 67.9 Å². The minimum atomic E-state index is -0.651. The highest BCUT2D eigenvalue weighted by Crippen LogP contribution is 2.36. The molecule has 0 radical (unpaired) electrons. The van der Waals surface area contributed by atoms with Crippen molar-refractivity contribution in [2.45, 2.75) is 13.0 Å². The number of amides is 2. The molecule has 1 atom stereocenters. The van der Waals surface area contributed by atoms with Gasteiger partial charge in [0.15, 0.2) is 0 Å². The van der Waals surface area contributed by atoms with Crippen LogP contribution in [0.25, 0.3) is 0 Å². The summed E-state index contributed by atoms with van der Waals surface area (Å²) in [6.45, 7) is 5.15. The number of nitrogens with one attached hydrogen (secondary N) is 1. The van der Waals surface area contributed by atoms with E-state index >= 15 is 0 Å². The molecular formula is C15H18N2O4S. The molecule has 0 bridgehead atoms. The van der Waals surface area contributed by atoms with E-state index < -0.39 is 12.1 Å². The number of benzene rings is 1. The van der Waals surface area contributed by atoms with Crippen LogP contribution < -0.4 is 15.0 Å². The van der Waals surface area contributed by atoms with Crippen molar-refractivity contribution < 1.29 is 19.1 Å². The summed E-state index contributed by atoms with van der Waals surface area (Å²) in [5, 5.41) is 2.80. The molecule has 2 amide bonds. The summed E-state index contributed by atoms with van der Waals surface area (Å²) in [5.41, 5.74) is 1.09. The SMILES string of the molecule is C=C(C)OC(=O)N1c2cc(OC)ccc2NC(=O)[C@@H]1CSC. The molecule has 1 aliphatic heterocycles. The fraction of sp³-hybridized carbons (Fsp3) is 0.333. The van der Waals surface area contributed by atoms with Gasteiger partial charge in [-0.05, 0) is 25.3 Å². The van der Waals surface area contributed by atoms with Gasteiger partial charge in [-0.15, -0.1) is 0 Å². The number of hydrogen-bond donors (Lipinski definition) is 1. The molecule has 2 rings (SSSR count). The maximum absolute atomic E-state index is 12.4. The normalized spacial score (nSPS) is 16.6. The maximum atomic E-state index is 12.4. The molecule has 1 aliphatic rings. The quantitative estimate of drug-likeness (QED) is 0.863. The lowest BCUT2D eigenvalue weighted by Crippen LogP contribution is -2.52. The number of methoxy groups -OCH3 is 1. The van der Waals surface area contributed by atoms with Crippen LogP contribution in [0.4, 0.5) is 16.2 Å². The summed E-state index contributed by atoms with van der Waals surface area (Å²) >= 11 is 1.47. The number of nitrogens with zero attached hydrogens (tertiary/aromatic N) is 1. The molecule has 1 N–H and O–H groups in total. The van der Waals surface area contributed by atoms with Crippen molar-refractivity contribution in [3.05, 3.63) is 30.5 Å². The van der Waals surface area contributed by atoms with Gasteiger partial charge in [0.25, 0.3) is 0 Å². The van der Waals surface area contributed by atoms with Crippen molar-refractivity contribution in [3.63, 3.8) is 0 Å². The predicted octanol–water partition coefficient (Wildman–Crippen LogP) is 2.86. The van der Waals surface area contributed by atoms with Crippen LogP contribution in [0, 0.1) is 0 Å². The number of allylic oxidation sites excluding steroid dienone is 1. The van der Waals surface area contributed by atoms with Gasteiger partial charge in [-0.2, -0.15) is 11.8 Å². The standard InChI is InChI=1S/C15H18N2O4S/c1-9(2)21-15(19)17-12-7-10(20-3)5-6-11(12)16-14(18)13(17)8-22-4/h5-7,13H,1,8H2,2-4H3,(H,16,18)/t13-/m0/s1. The van der Waals surface area contributed by atoms with E-state index in [1.165, 1.54) is 16.7 Å². The van der Waals surface area contributed by atoms with E-state index in [9.17, 15) is 9.59 Å². The van der Waals surface area contributed by atoms with Gasteiger partial charge in [0.1, 0.15) is 11.8 Å². The highest BCUT2D eigenvalue weighted by Gasteiger charge is 2.38. The van der Waals surface area contributed by atoms with Crippen LogP contribution in [-0.4, -0.2) is 37.2 Å². The van der Waals surface area contributed by atoms with Gasteiger partial charge in [0.05, 0.1) is 24.2 Å². The second-order valence-corrected chi connectivity index (χ2v) is 5.69. The molecule has 22 heavy (non-hydrogen) atoms. The van der Waals surface area contributed by atoms with E-state index in [1.54, 1.807) is 32.2 Å². The van der Waals surface area contributed by atoms with Crippen molar-refractivity contribution in [1.29, 1.82) is 0 Å². The van der Waals surface area contributed by atoms with Crippen LogP contribution in [0.1, 0.15) is 6.92 Å². The average Bonchev–Trinajstić information content (AvgIpc) is 2.46. The monoisotopic (exact) mass is 322 g/mol. The number of ether oxygens (including phenoxy) is 2. The zero-order valence-corrected chi connectivity index (χ0v) is 13.5. The van der Waals surface area contributed by atoms with E-state index in [0.29, 0.717) is 22.9 Å². The van der Waals surface area contributed by atoms with Crippen molar-refractivity contribution >= 4 is 35.1 Å². The molecular weight excluding hydrogens is 304 g/mol. The molecule has 0 unspecified atom stereocenters. The van der Waals surface area contributed by atoms with Crippen LogP contribution >= 0.6 is 11.8 Å². The van der Waals surface area contributed by atoms with Crippen molar-refractivity contribution in [1.82, 2.24) is 0 Å². The largest absolute Gasteiger partial charge is 0.497 e. The third kappa shape index (κ3) is 3.19. The first kappa shape index (κ1) is 16.2. The summed E-state index contributed by atoms with van der Waals surface area (Å²) in [6, 6.07) is 4.46. The van der Waals surface area contributed by atoms with Gasteiger partial charge in [0, 0.05) is 11.8 Å². The van der Waals surface area contributed by atoms with Crippen LogP contribution in [0.15, 0.2) is 30.5 Å². The Morgan fingerprint density at radius 3 is 2.82 bits per heavy atom. The van der Waals surface area contributed by atoms with Gasteiger partial charge in [0.2, 0.25) is 5.91 Å². The zero-order chi connectivity index (χ0) is 16.3. The summed E-state index contributed by atoms with van der Waals surface area (Å²) in [5.74, 6) is 1.06. The van der Waals surface area contributed by atoms with Crippen LogP contribution in [-0.2, 0) is 9.53 Å². The minimum absolute atomic E-state index is 0.245. The Bertz CT molecular complexity index is 618. The van der Waals surface area contributed by atoms with Gasteiger partial charge < -0.3 is 14.8 Å². The first-order valence-corrected chi connectivity index (χ1v) is 8.01. The van der Waals surface area contributed by atoms with E-state index in [0.717, 1.165) is 0 Å². The molecule has 1 aromatic rings. The molecule has 0 saturated carbocycles. The molecule has 0 aliphatic carbocycles. The van der Waals surface area contributed by atoms with E-state index in [4.69, 9.17) is 9.47 Å². The smallest absolute Gasteiger partial charge is 0.420 e. The lowest BCUT2D eigenvalue weighted by Gasteiger charge is -2.35. The number of fused-ring (bicyclic) bond motifs is 1. The number of hydrogen-bond acceptors (Lipinski definition) is 5. The molecule has 118 valence electrons. The molecule has 1 aromatic carbocycles. The maximum Gasteiger partial charge on any atom is 0.420 e. The second kappa shape index (κ2) is 6.74. The van der Waals surface area contributed by atoms with Gasteiger partial charge >= 0.3 is 6.09 Å². The lowest BCUT2D eigenvalue weighted by atomic mass is 10.1. The summed E-state index contributed by atoms with van der Waals surface area (Å²) < 4.78 is 10.3. The third-order valence-corrected chi connectivity index (χ3v) is 3.77. The van der Waals surface area contributed by atoms with Gasteiger partial charge in [-0.3, -0.25) is 9.69 Å². The zero-order valence-electron chi connectivity index (χ0n) is 12.7. The Balaban J connectivity index is 2.49. The average molecular weight is 322 g/mol. The third-order valence-electron chi connectivity index (χ3n) is 3.12. The van der Waals surface area contributed by atoms with Crippen LogP contribution in [0.2, 0.25) is 0 Å². The van der Waals surface area contributed by atoms with E-state index in [-0.39, 0.29) is 11.7 Å². The first-order valence-electron chi connectivity index (χ1n) is 6.62. The fourth-order valence-corrected chi connectivity index (χ4v) is 2.79. The number of anilines is 2. The Morgan fingerprint density at radius 2 is 2.23 bits per heavy atom. The summed E-state index contributed by atoms with van der Waals surface area (Å²) in [7, 11) is 1.54. The van der Waals surface area contributed by atoms with Gasteiger partial charge in [-0.25, -0.2) is 4.79 Å². The molecule has 6 nitrogen and oxygen atoms in total. The van der Waals surface area contributed by atoms with Gasteiger partial charge in [-0.1, -0.05) is 6.58 Å². The highest BCUT2D eigenvalue weighted by molar-refractivity contribution is 7.98. The van der Waals surface area contributed by atoms with E-state index in [1.807, 2.05) is 6.26 Å². The van der Waals surface area contributed by atoms with Crippen molar-refractivity contribution in [3.8, 4) is 5.75 Å². The van der Waals surface area contributed by atoms with Crippen molar-refractivity contribution in [2.75, 3.05) is 29.3 Å². The number of thioether (sulfide) groups is 1. The van der Waals surface area contributed by atoms with E-state index in [2.05, 4.69) is 11.9 Å². The lowest BCUT2D eigenvalue weighted by molar-refractivity contribution is -0.117. The first-order chi connectivity index (χ1) is 10.5. The Morgan fingerprint density at radius 1 is 1.50 bits per heavy atom. The van der Waals surface area contributed by atoms with Crippen molar-refractivity contribution in [2.24, 2.45) is 0 Å². The molecule has 0 spiro atoms. The highest BCUT2D eigenvalue weighted by atomic mass is 32.2. The Hall–Kier alpha value is -2.15. The summed E-state index contributed by atoms with van der Waals surface area (Å²) in [6.07, 6.45) is 1.24. The van der Waals surface area contributed by atoms with Crippen LogP contribution in [0.5, 0.6) is 5.75 Å². The number of carbonyl (C=O) groups is 2. The summed E-state index contributed by atoms with van der Waals surface area (Å²) in [4.78, 5) is 26.0. The molecule has 0 saturated heterocycles. The fourth-order valence-electron chi connectivity index (χ4n) is 2.18. The minimum Gasteiger partial charge on any atom is -0.497 e. The molecule has 0 fully saturated rings. The second-order valence-electron chi connectivity index (χ2n) is 4.78. The predicted molar refractivity (Wildman–Crippen MR) is 87.6 cm³/mol.